The normalized spacial score (nSPS) is 10.1. The van der Waals surface area contributed by atoms with Crippen LogP contribution in [0.15, 0.2) is 21.2 Å². The number of methoxy groups -OCH3 is 1. The van der Waals surface area contributed by atoms with Crippen molar-refractivity contribution in [1.82, 2.24) is 10.3 Å². The van der Waals surface area contributed by atoms with E-state index < -0.39 is 0 Å². The van der Waals surface area contributed by atoms with Gasteiger partial charge in [0.25, 0.3) is 0 Å². The van der Waals surface area contributed by atoms with Crippen molar-refractivity contribution in [2.75, 3.05) is 32.1 Å². The smallest absolute Gasteiger partial charge is 0.239 e. The Balaban J connectivity index is 2.37. The molecule has 0 radical (unpaired) electrons. The predicted molar refractivity (Wildman–Crippen MR) is 73.0 cm³/mol. The van der Waals surface area contributed by atoms with E-state index in [9.17, 15) is 4.79 Å². The fourth-order valence-electron chi connectivity index (χ4n) is 1.06. The summed E-state index contributed by atoms with van der Waals surface area (Å²) in [5.74, 6) is 0.536. The zero-order valence-electron chi connectivity index (χ0n) is 9.30. The first kappa shape index (κ1) is 14.4. The van der Waals surface area contributed by atoms with Gasteiger partial charge in [-0.15, -0.1) is 0 Å². The maximum atomic E-state index is 11.4. The molecule has 0 atom stereocenters. The van der Waals surface area contributed by atoms with Gasteiger partial charge in [0.15, 0.2) is 0 Å². The fourth-order valence-corrected chi connectivity index (χ4v) is 2.19. The third-order valence-corrected chi connectivity index (χ3v) is 2.89. The van der Waals surface area contributed by atoms with Gasteiger partial charge in [-0.05, 0) is 37.9 Å². The molecule has 0 saturated carbocycles. The zero-order valence-corrected chi connectivity index (χ0v) is 12.5. The van der Waals surface area contributed by atoms with Crippen molar-refractivity contribution >= 4 is 43.6 Å². The molecule has 1 aromatic rings. The Morgan fingerprint density at radius 3 is 2.94 bits per heavy atom. The number of carbonyl (C=O) groups is 1. The van der Waals surface area contributed by atoms with E-state index >= 15 is 0 Å². The number of ether oxygens (including phenoxy) is 1. The molecule has 0 aliphatic heterocycles. The SMILES string of the molecule is COCCNC(=O)CNc1ncc(Br)cc1Br. The Hall–Kier alpha value is -0.660. The molecule has 1 amide bonds. The number of nitrogens with one attached hydrogen (secondary N) is 2. The molecule has 2 N–H and O–H groups in total. The number of amides is 1. The van der Waals surface area contributed by atoms with Crippen molar-refractivity contribution in [3.63, 3.8) is 0 Å². The second kappa shape index (κ2) is 7.62. The Labute approximate surface area is 117 Å². The first-order chi connectivity index (χ1) is 8.13. The molecule has 0 spiro atoms. The molecule has 0 saturated heterocycles. The second-order valence-electron chi connectivity index (χ2n) is 3.18. The van der Waals surface area contributed by atoms with Crippen LogP contribution in [-0.4, -0.2) is 37.7 Å². The van der Waals surface area contributed by atoms with E-state index in [1.54, 1.807) is 13.3 Å². The van der Waals surface area contributed by atoms with Crippen molar-refractivity contribution < 1.29 is 9.53 Å². The van der Waals surface area contributed by atoms with E-state index in [4.69, 9.17) is 4.74 Å². The van der Waals surface area contributed by atoms with Gasteiger partial charge < -0.3 is 15.4 Å². The van der Waals surface area contributed by atoms with Crippen LogP contribution in [0.25, 0.3) is 0 Å². The summed E-state index contributed by atoms with van der Waals surface area (Å²) in [6, 6.07) is 1.86. The summed E-state index contributed by atoms with van der Waals surface area (Å²) in [4.78, 5) is 15.5. The summed E-state index contributed by atoms with van der Waals surface area (Å²) in [5, 5.41) is 5.64. The van der Waals surface area contributed by atoms with Gasteiger partial charge in [-0.1, -0.05) is 0 Å². The minimum Gasteiger partial charge on any atom is -0.383 e. The predicted octanol–water partition coefficient (Wildman–Crippen LogP) is 1.78. The van der Waals surface area contributed by atoms with Crippen LogP contribution in [0.5, 0.6) is 0 Å². The molecule has 17 heavy (non-hydrogen) atoms. The van der Waals surface area contributed by atoms with E-state index in [-0.39, 0.29) is 12.5 Å². The highest BCUT2D eigenvalue weighted by Crippen LogP contribution is 2.22. The van der Waals surface area contributed by atoms with Crippen LogP contribution in [-0.2, 0) is 9.53 Å². The maximum absolute atomic E-state index is 11.4. The largest absolute Gasteiger partial charge is 0.383 e. The van der Waals surface area contributed by atoms with Gasteiger partial charge in [-0.3, -0.25) is 4.79 Å². The molecule has 0 bridgehead atoms. The molecule has 0 aliphatic rings. The quantitative estimate of drug-likeness (QED) is 0.753. The molecule has 0 aliphatic carbocycles. The first-order valence-electron chi connectivity index (χ1n) is 4.94. The molecule has 5 nitrogen and oxygen atoms in total. The summed E-state index contributed by atoms with van der Waals surface area (Å²) in [6.45, 7) is 1.19. The highest BCUT2D eigenvalue weighted by atomic mass is 79.9. The molecule has 0 unspecified atom stereocenters. The average molecular weight is 367 g/mol. The van der Waals surface area contributed by atoms with Crippen LogP contribution in [0.2, 0.25) is 0 Å². The van der Waals surface area contributed by atoms with Crippen LogP contribution < -0.4 is 10.6 Å². The number of carbonyl (C=O) groups excluding carboxylic acids is 1. The number of halogens is 2. The van der Waals surface area contributed by atoms with Crippen LogP contribution >= 0.6 is 31.9 Å². The number of rotatable bonds is 6. The first-order valence-corrected chi connectivity index (χ1v) is 6.52. The standard InChI is InChI=1S/C10H13Br2N3O2/c1-17-3-2-13-9(16)6-15-10-8(12)4-7(11)5-14-10/h4-5H,2-3,6H2,1H3,(H,13,16)(H,14,15). The monoisotopic (exact) mass is 365 g/mol. The van der Waals surface area contributed by atoms with Gasteiger partial charge >= 0.3 is 0 Å². The summed E-state index contributed by atoms with van der Waals surface area (Å²) >= 11 is 6.66. The fraction of sp³-hybridized carbons (Fsp3) is 0.400. The summed E-state index contributed by atoms with van der Waals surface area (Å²) < 4.78 is 6.50. The van der Waals surface area contributed by atoms with Crippen molar-refractivity contribution in [2.24, 2.45) is 0 Å². The molecule has 1 aromatic heterocycles. The molecular formula is C10H13Br2N3O2. The topological polar surface area (TPSA) is 63.2 Å². The van der Waals surface area contributed by atoms with E-state index in [1.807, 2.05) is 6.07 Å². The molecule has 1 heterocycles. The Kier molecular flexibility index (Phi) is 6.46. The number of anilines is 1. The molecule has 94 valence electrons. The lowest BCUT2D eigenvalue weighted by atomic mass is 10.4. The second-order valence-corrected chi connectivity index (χ2v) is 4.95. The number of aromatic nitrogens is 1. The van der Waals surface area contributed by atoms with Crippen LogP contribution in [0.3, 0.4) is 0 Å². The Bertz CT molecular complexity index is 388. The average Bonchev–Trinajstić information content (AvgIpc) is 2.28. The van der Waals surface area contributed by atoms with Gasteiger partial charge in [0.05, 0.1) is 17.6 Å². The van der Waals surface area contributed by atoms with Gasteiger partial charge in [-0.25, -0.2) is 4.98 Å². The molecule has 0 fully saturated rings. The lowest BCUT2D eigenvalue weighted by Gasteiger charge is -2.08. The van der Waals surface area contributed by atoms with Crippen molar-refractivity contribution in [2.45, 2.75) is 0 Å². The molecular weight excluding hydrogens is 354 g/mol. The zero-order chi connectivity index (χ0) is 12.7. The number of hydrogen-bond donors (Lipinski definition) is 2. The lowest BCUT2D eigenvalue weighted by molar-refractivity contribution is -0.119. The van der Waals surface area contributed by atoms with Crippen molar-refractivity contribution in [3.8, 4) is 0 Å². The van der Waals surface area contributed by atoms with Crippen LogP contribution in [0.1, 0.15) is 0 Å². The van der Waals surface area contributed by atoms with Crippen LogP contribution in [0.4, 0.5) is 5.82 Å². The van der Waals surface area contributed by atoms with Gasteiger partial charge in [0, 0.05) is 24.3 Å². The van der Waals surface area contributed by atoms with Gasteiger partial charge in [0.1, 0.15) is 5.82 Å². The van der Waals surface area contributed by atoms with Crippen molar-refractivity contribution in [1.29, 1.82) is 0 Å². The maximum Gasteiger partial charge on any atom is 0.239 e. The van der Waals surface area contributed by atoms with E-state index in [0.29, 0.717) is 19.0 Å². The highest BCUT2D eigenvalue weighted by molar-refractivity contribution is 9.11. The summed E-state index contributed by atoms with van der Waals surface area (Å²) in [5.41, 5.74) is 0. The third-order valence-electron chi connectivity index (χ3n) is 1.85. The number of nitrogens with zero attached hydrogens (tertiary/aromatic N) is 1. The Morgan fingerprint density at radius 2 is 2.29 bits per heavy atom. The number of hydrogen-bond acceptors (Lipinski definition) is 4. The van der Waals surface area contributed by atoms with Crippen molar-refractivity contribution in [3.05, 3.63) is 21.2 Å². The minimum absolute atomic E-state index is 0.0985. The minimum atomic E-state index is -0.0985. The van der Waals surface area contributed by atoms with Crippen LogP contribution in [0, 0.1) is 0 Å². The summed E-state index contributed by atoms with van der Waals surface area (Å²) in [6.07, 6.45) is 1.66. The molecule has 7 heteroatoms. The lowest BCUT2D eigenvalue weighted by Crippen LogP contribution is -2.32. The Morgan fingerprint density at radius 1 is 1.53 bits per heavy atom. The van der Waals surface area contributed by atoms with E-state index in [2.05, 4.69) is 47.5 Å². The molecule has 0 aromatic carbocycles. The van der Waals surface area contributed by atoms with Gasteiger partial charge in [0.2, 0.25) is 5.91 Å². The third kappa shape index (κ3) is 5.47. The number of pyridine rings is 1. The van der Waals surface area contributed by atoms with E-state index in [0.717, 1.165) is 8.95 Å². The van der Waals surface area contributed by atoms with Gasteiger partial charge in [-0.2, -0.15) is 0 Å². The molecule has 1 rings (SSSR count). The highest BCUT2D eigenvalue weighted by Gasteiger charge is 2.04. The summed E-state index contributed by atoms with van der Waals surface area (Å²) in [7, 11) is 1.59. The van der Waals surface area contributed by atoms with E-state index in [1.165, 1.54) is 0 Å².